The van der Waals surface area contributed by atoms with Crippen molar-refractivity contribution in [1.29, 1.82) is 0 Å². The smallest absolute Gasteiger partial charge is 0.330 e. The molecule has 38 heavy (non-hydrogen) atoms. The third-order valence-electron chi connectivity index (χ3n) is 9.36. The quantitative estimate of drug-likeness (QED) is 0.433. The molecule has 2 N–H and O–H groups in total. The Labute approximate surface area is 218 Å². The first-order valence-electron chi connectivity index (χ1n) is 13.5. The molecule has 4 aromatic rings. The molecule has 3 fully saturated rings. The molecule has 3 aliphatic carbocycles. The van der Waals surface area contributed by atoms with Gasteiger partial charge in [-0.2, -0.15) is 4.98 Å². The molecule has 10 nitrogen and oxygen atoms in total. The van der Waals surface area contributed by atoms with E-state index in [0.29, 0.717) is 29.2 Å². The summed E-state index contributed by atoms with van der Waals surface area (Å²) in [4.78, 5) is 35.5. The molecule has 3 saturated carbocycles. The minimum Gasteiger partial charge on any atom is -0.351 e. The van der Waals surface area contributed by atoms with Crippen LogP contribution in [0.4, 0.5) is 11.8 Å². The molecule has 1 aromatic carbocycles. The molecule has 2 unspecified atom stereocenters. The molecule has 2 atom stereocenters. The number of anilines is 2. The van der Waals surface area contributed by atoms with Gasteiger partial charge in [0.15, 0.2) is 11.5 Å². The lowest BCUT2D eigenvalue weighted by Crippen LogP contribution is -2.35. The van der Waals surface area contributed by atoms with Crippen molar-refractivity contribution >= 4 is 28.8 Å². The first-order valence-corrected chi connectivity index (χ1v) is 13.5. The summed E-state index contributed by atoms with van der Waals surface area (Å²) in [6.45, 7) is 0. The number of nitrogens with zero attached hydrogens (tertiary/aromatic N) is 6. The van der Waals surface area contributed by atoms with Gasteiger partial charge in [-0.3, -0.25) is 13.9 Å². The first kappa shape index (κ1) is 22.0. The maximum Gasteiger partial charge on any atom is 0.330 e. The first-order chi connectivity index (χ1) is 18.5. The fourth-order valence-corrected chi connectivity index (χ4v) is 7.30. The topological polar surface area (TPSA) is 120 Å². The summed E-state index contributed by atoms with van der Waals surface area (Å²) in [5.74, 6) is 1.87. The Balaban J connectivity index is 1.06. The van der Waals surface area contributed by atoms with E-state index in [1.165, 1.54) is 0 Å². The molecule has 4 heterocycles. The molecule has 1 aliphatic heterocycles. The van der Waals surface area contributed by atoms with Gasteiger partial charge in [0.25, 0.3) is 0 Å². The summed E-state index contributed by atoms with van der Waals surface area (Å²) in [6.07, 6.45) is 7.59. The van der Waals surface area contributed by atoms with Crippen molar-refractivity contribution in [3.8, 4) is 11.3 Å². The zero-order valence-electron chi connectivity index (χ0n) is 21.1. The van der Waals surface area contributed by atoms with Crippen molar-refractivity contribution in [1.82, 2.24) is 29.3 Å². The fourth-order valence-electron chi connectivity index (χ4n) is 7.30. The molecule has 1 spiro atoms. The lowest BCUT2D eigenvalue weighted by atomic mass is 9.77. The van der Waals surface area contributed by atoms with Crippen LogP contribution in [0.2, 0.25) is 0 Å². The van der Waals surface area contributed by atoms with Crippen LogP contribution in [0.25, 0.3) is 22.4 Å². The number of nitrogens with one attached hydrogen (secondary N) is 2. The zero-order valence-corrected chi connectivity index (χ0v) is 21.1. The predicted molar refractivity (Wildman–Crippen MR) is 142 cm³/mol. The predicted octanol–water partition coefficient (Wildman–Crippen LogP) is 3.41. The van der Waals surface area contributed by atoms with E-state index >= 15 is 0 Å². The molecule has 4 aliphatic rings. The number of carbonyl (C=O) groups excluding carboxylic acids is 1. The van der Waals surface area contributed by atoms with Crippen molar-refractivity contribution < 1.29 is 4.79 Å². The molecular weight excluding hydrogens is 480 g/mol. The van der Waals surface area contributed by atoms with Crippen LogP contribution in [0.5, 0.6) is 0 Å². The lowest BCUT2D eigenvalue weighted by molar-refractivity contribution is -0.121. The highest BCUT2D eigenvalue weighted by atomic mass is 16.2. The molecule has 3 aromatic heterocycles. The number of hydrogen-bond acceptors (Lipinski definition) is 7. The Bertz CT molecular complexity index is 1660. The minimum absolute atomic E-state index is 0.0209. The van der Waals surface area contributed by atoms with E-state index < -0.39 is 5.41 Å². The average Bonchev–Trinajstić information content (AvgIpc) is 3.43. The van der Waals surface area contributed by atoms with Crippen molar-refractivity contribution in [2.75, 3.05) is 10.6 Å². The normalized spacial score (nSPS) is 27.6. The van der Waals surface area contributed by atoms with Gasteiger partial charge in [-0.25, -0.2) is 9.78 Å². The molecule has 192 valence electrons. The molecule has 0 saturated heterocycles. The van der Waals surface area contributed by atoms with Crippen molar-refractivity contribution in [2.24, 2.45) is 18.9 Å². The van der Waals surface area contributed by atoms with Gasteiger partial charge in [0.2, 0.25) is 11.9 Å². The van der Waals surface area contributed by atoms with Gasteiger partial charge in [-0.05, 0) is 43.6 Å². The van der Waals surface area contributed by atoms with E-state index in [2.05, 4.69) is 25.8 Å². The number of benzene rings is 1. The second-order valence-electron chi connectivity index (χ2n) is 11.4. The van der Waals surface area contributed by atoms with E-state index in [4.69, 9.17) is 4.98 Å². The summed E-state index contributed by atoms with van der Waals surface area (Å²) in [5, 5.41) is 15.2. The molecule has 0 radical (unpaired) electrons. The van der Waals surface area contributed by atoms with E-state index in [9.17, 15) is 9.59 Å². The highest BCUT2D eigenvalue weighted by Gasteiger charge is 2.67. The maximum atomic E-state index is 13.2. The van der Waals surface area contributed by atoms with E-state index in [-0.39, 0.29) is 23.7 Å². The molecule has 0 bridgehead atoms. The van der Waals surface area contributed by atoms with E-state index in [1.807, 2.05) is 41.0 Å². The monoisotopic (exact) mass is 508 g/mol. The van der Waals surface area contributed by atoms with Crippen molar-refractivity contribution in [3.05, 3.63) is 58.6 Å². The van der Waals surface area contributed by atoms with Crippen LogP contribution in [0, 0.1) is 11.8 Å². The van der Waals surface area contributed by atoms with Gasteiger partial charge >= 0.3 is 5.69 Å². The van der Waals surface area contributed by atoms with Crippen LogP contribution in [-0.2, 0) is 17.3 Å². The second-order valence-corrected chi connectivity index (χ2v) is 11.4. The largest absolute Gasteiger partial charge is 0.351 e. The SMILES string of the molecule is Cn1c(=O)n(C2CCCC2)c2nc(NC3C4CC5(CC43)C(=O)Nc3nnc(-c4ccccc4)cc35)ncc21. The number of aryl methyl sites for hydroxylation is 1. The summed E-state index contributed by atoms with van der Waals surface area (Å²) in [6, 6.07) is 12.4. The van der Waals surface area contributed by atoms with Gasteiger partial charge in [-0.1, -0.05) is 43.2 Å². The highest BCUT2D eigenvalue weighted by Crippen LogP contribution is 2.63. The Kier molecular flexibility index (Phi) is 4.46. The molecule has 1 amide bonds. The van der Waals surface area contributed by atoms with Gasteiger partial charge in [-0.15, -0.1) is 10.2 Å². The lowest BCUT2D eigenvalue weighted by Gasteiger charge is -2.25. The van der Waals surface area contributed by atoms with Crippen LogP contribution in [-0.4, -0.2) is 41.2 Å². The summed E-state index contributed by atoms with van der Waals surface area (Å²) in [5.41, 5.74) is 3.63. The van der Waals surface area contributed by atoms with E-state index in [0.717, 1.165) is 60.9 Å². The fraction of sp³-hybridized carbons (Fsp3) is 0.429. The van der Waals surface area contributed by atoms with Crippen molar-refractivity contribution in [2.45, 2.75) is 56.0 Å². The van der Waals surface area contributed by atoms with Gasteiger partial charge < -0.3 is 10.6 Å². The number of hydrogen-bond donors (Lipinski definition) is 2. The maximum absolute atomic E-state index is 13.2. The third kappa shape index (κ3) is 3.00. The van der Waals surface area contributed by atoms with Gasteiger partial charge in [0.05, 0.1) is 17.3 Å². The Morgan fingerprint density at radius 1 is 1.05 bits per heavy atom. The van der Waals surface area contributed by atoms with Crippen LogP contribution >= 0.6 is 0 Å². The van der Waals surface area contributed by atoms with Crippen molar-refractivity contribution in [3.63, 3.8) is 0 Å². The summed E-state index contributed by atoms with van der Waals surface area (Å²) >= 11 is 0. The Hall–Kier alpha value is -4.08. The van der Waals surface area contributed by atoms with Gasteiger partial charge in [0.1, 0.15) is 5.52 Å². The number of rotatable bonds is 4. The average molecular weight is 509 g/mol. The third-order valence-corrected chi connectivity index (χ3v) is 9.36. The zero-order chi connectivity index (χ0) is 25.6. The standard InChI is InChI=1S/C28H28N8O2/c1-35-21-14-29-26(32-24(21)36(27(35)38)16-9-5-6-10-16)30-22-17-12-28(13-18(17)22)19-11-20(15-7-3-2-4-8-15)33-34-23(19)31-25(28)37/h2-4,7-8,11,14,16-18,22H,5-6,9-10,12-13H2,1H3,(H,29,30,32)(H,31,34,37). The molecule has 8 rings (SSSR count). The number of carbonyl (C=O) groups is 1. The highest BCUT2D eigenvalue weighted by molar-refractivity contribution is 6.06. The molecule has 10 heteroatoms. The molecular formula is C28H28N8O2. The summed E-state index contributed by atoms with van der Waals surface area (Å²) < 4.78 is 3.51. The number of imidazole rings is 1. The minimum atomic E-state index is -0.560. The Morgan fingerprint density at radius 2 is 1.82 bits per heavy atom. The van der Waals surface area contributed by atoms with E-state index in [1.54, 1.807) is 17.8 Å². The number of aromatic nitrogens is 6. The van der Waals surface area contributed by atoms with Crippen LogP contribution in [0.15, 0.2) is 47.4 Å². The Morgan fingerprint density at radius 3 is 2.58 bits per heavy atom. The van der Waals surface area contributed by atoms with Crippen LogP contribution in [0.1, 0.15) is 50.1 Å². The van der Waals surface area contributed by atoms with Crippen LogP contribution in [0.3, 0.4) is 0 Å². The van der Waals surface area contributed by atoms with Gasteiger partial charge in [0, 0.05) is 30.3 Å². The number of fused-ring (bicyclic) bond motifs is 4. The number of amides is 1. The summed E-state index contributed by atoms with van der Waals surface area (Å²) in [7, 11) is 1.79. The van der Waals surface area contributed by atoms with Crippen LogP contribution < -0.4 is 16.3 Å². The second kappa shape index (κ2) is 7.72.